The van der Waals surface area contributed by atoms with Crippen LogP contribution in [-0.4, -0.2) is 36.2 Å². The molecule has 0 atom stereocenters. The number of nitrogens with one attached hydrogen (secondary N) is 1. The molecular formula is C20H23N3O3S. The lowest BCUT2D eigenvalue weighted by Crippen LogP contribution is -2.29. The van der Waals surface area contributed by atoms with Gasteiger partial charge in [-0.15, -0.1) is 0 Å². The van der Waals surface area contributed by atoms with E-state index in [9.17, 15) is 13.2 Å². The van der Waals surface area contributed by atoms with Crippen molar-refractivity contribution in [3.63, 3.8) is 0 Å². The maximum atomic E-state index is 12.3. The fraction of sp³-hybridized carbons (Fsp3) is 0.300. The number of sulfone groups is 1. The Labute approximate surface area is 159 Å². The van der Waals surface area contributed by atoms with Crippen LogP contribution >= 0.6 is 0 Å². The minimum Gasteiger partial charge on any atom is -0.354 e. The maximum absolute atomic E-state index is 12.3. The summed E-state index contributed by atoms with van der Waals surface area (Å²) in [5, 5.41) is 2.79. The standard InChI is InChI=1S/C20H23N3O3S/c1-15-7-9-17(10-8-15)27(25,26)14-11-20(24)21-12-13-23-16(2)22-18-5-3-4-6-19(18)23/h3-10H,11-14H2,1-2H3,(H,21,24). The molecule has 7 heteroatoms. The minimum atomic E-state index is -3.45. The Morgan fingerprint density at radius 3 is 2.52 bits per heavy atom. The van der Waals surface area contributed by atoms with Crippen LogP contribution in [0.3, 0.4) is 0 Å². The van der Waals surface area contributed by atoms with E-state index in [-0.39, 0.29) is 23.0 Å². The first-order chi connectivity index (χ1) is 12.9. The van der Waals surface area contributed by atoms with Gasteiger partial charge in [-0.1, -0.05) is 29.8 Å². The first-order valence-corrected chi connectivity index (χ1v) is 10.5. The van der Waals surface area contributed by atoms with Gasteiger partial charge < -0.3 is 9.88 Å². The molecule has 3 aromatic rings. The average Bonchev–Trinajstić information content (AvgIpc) is 2.96. The molecule has 3 rings (SSSR count). The Morgan fingerprint density at radius 2 is 1.78 bits per heavy atom. The van der Waals surface area contributed by atoms with Crippen molar-refractivity contribution in [3.8, 4) is 0 Å². The molecule has 0 aliphatic heterocycles. The van der Waals surface area contributed by atoms with Crippen molar-refractivity contribution in [1.82, 2.24) is 14.9 Å². The highest BCUT2D eigenvalue weighted by molar-refractivity contribution is 7.91. The van der Waals surface area contributed by atoms with Crippen molar-refractivity contribution < 1.29 is 13.2 Å². The van der Waals surface area contributed by atoms with Crippen LogP contribution in [0.2, 0.25) is 0 Å². The molecule has 6 nitrogen and oxygen atoms in total. The number of hydrogen-bond donors (Lipinski definition) is 1. The first kappa shape index (κ1) is 19.1. The fourth-order valence-corrected chi connectivity index (χ4v) is 4.20. The predicted molar refractivity (Wildman–Crippen MR) is 105 cm³/mol. The van der Waals surface area contributed by atoms with Gasteiger partial charge in [0.2, 0.25) is 5.91 Å². The molecular weight excluding hydrogens is 362 g/mol. The SMILES string of the molecule is Cc1ccc(S(=O)(=O)CCC(=O)NCCn2c(C)nc3ccccc32)cc1. The first-order valence-electron chi connectivity index (χ1n) is 8.85. The van der Waals surface area contributed by atoms with Crippen LogP contribution in [0.1, 0.15) is 17.8 Å². The summed E-state index contributed by atoms with van der Waals surface area (Å²) < 4.78 is 26.7. The van der Waals surface area contributed by atoms with E-state index in [0.717, 1.165) is 22.4 Å². The van der Waals surface area contributed by atoms with Crippen LogP contribution in [0, 0.1) is 13.8 Å². The van der Waals surface area contributed by atoms with Gasteiger partial charge in [0.15, 0.2) is 9.84 Å². The van der Waals surface area contributed by atoms with E-state index in [4.69, 9.17) is 0 Å². The molecule has 1 amide bonds. The second-order valence-corrected chi connectivity index (χ2v) is 8.64. The summed E-state index contributed by atoms with van der Waals surface area (Å²) in [6.45, 7) is 4.83. The summed E-state index contributed by atoms with van der Waals surface area (Å²) in [5.41, 5.74) is 2.94. The molecule has 0 bridgehead atoms. The van der Waals surface area contributed by atoms with Crippen LogP contribution in [0.25, 0.3) is 11.0 Å². The summed E-state index contributed by atoms with van der Waals surface area (Å²) >= 11 is 0. The van der Waals surface area contributed by atoms with Crippen molar-refractivity contribution in [2.24, 2.45) is 0 Å². The molecule has 0 aliphatic carbocycles. The highest BCUT2D eigenvalue weighted by atomic mass is 32.2. The van der Waals surface area contributed by atoms with Crippen molar-refractivity contribution in [3.05, 3.63) is 59.9 Å². The van der Waals surface area contributed by atoms with Gasteiger partial charge in [0.25, 0.3) is 0 Å². The molecule has 0 fully saturated rings. The fourth-order valence-electron chi connectivity index (χ4n) is 2.96. The number of hydrogen-bond acceptors (Lipinski definition) is 4. The minimum absolute atomic E-state index is 0.0557. The van der Waals surface area contributed by atoms with E-state index in [1.807, 2.05) is 42.7 Å². The van der Waals surface area contributed by atoms with Crippen LogP contribution in [-0.2, 0) is 21.2 Å². The average molecular weight is 385 g/mol. The third kappa shape index (κ3) is 4.54. The predicted octanol–water partition coefficient (Wildman–Crippen LogP) is 2.63. The van der Waals surface area contributed by atoms with Crippen LogP contribution in [0.15, 0.2) is 53.4 Å². The number of amides is 1. The number of carbonyl (C=O) groups excluding carboxylic acids is 1. The molecule has 0 aliphatic rings. The topological polar surface area (TPSA) is 81.1 Å². The zero-order chi connectivity index (χ0) is 19.4. The van der Waals surface area contributed by atoms with Crippen LogP contribution in [0.4, 0.5) is 0 Å². The molecule has 0 spiro atoms. The lowest BCUT2D eigenvalue weighted by atomic mass is 10.2. The number of benzene rings is 2. The summed E-state index contributed by atoms with van der Waals surface area (Å²) in [4.78, 5) is 16.8. The largest absolute Gasteiger partial charge is 0.354 e. The second kappa shape index (κ2) is 7.92. The van der Waals surface area contributed by atoms with Crippen molar-refractivity contribution in [2.45, 2.75) is 31.7 Å². The van der Waals surface area contributed by atoms with Gasteiger partial charge in [-0.25, -0.2) is 13.4 Å². The highest BCUT2D eigenvalue weighted by Crippen LogP contribution is 2.15. The third-order valence-corrected chi connectivity index (χ3v) is 6.21. The number of nitrogens with zero attached hydrogens (tertiary/aromatic N) is 2. The van der Waals surface area contributed by atoms with Gasteiger partial charge in [0.05, 0.1) is 21.7 Å². The third-order valence-electron chi connectivity index (χ3n) is 4.48. The van der Waals surface area contributed by atoms with E-state index in [1.54, 1.807) is 24.3 Å². The van der Waals surface area contributed by atoms with Gasteiger partial charge >= 0.3 is 0 Å². The number of carbonyl (C=O) groups is 1. The van der Waals surface area contributed by atoms with E-state index in [1.165, 1.54) is 0 Å². The number of aromatic nitrogens is 2. The Bertz CT molecular complexity index is 1050. The van der Waals surface area contributed by atoms with Crippen LogP contribution < -0.4 is 5.32 Å². The summed E-state index contributed by atoms with van der Waals surface area (Å²) in [6.07, 6.45) is -0.0557. The molecule has 0 saturated heterocycles. The molecule has 0 radical (unpaired) electrons. The smallest absolute Gasteiger partial charge is 0.221 e. The quantitative estimate of drug-likeness (QED) is 0.678. The maximum Gasteiger partial charge on any atom is 0.221 e. The van der Waals surface area contributed by atoms with Crippen LogP contribution in [0.5, 0.6) is 0 Å². The van der Waals surface area contributed by atoms with E-state index in [2.05, 4.69) is 10.3 Å². The molecule has 142 valence electrons. The molecule has 1 aromatic heterocycles. The summed E-state index contributed by atoms with van der Waals surface area (Å²) in [7, 11) is -3.45. The second-order valence-electron chi connectivity index (χ2n) is 6.53. The van der Waals surface area contributed by atoms with E-state index in [0.29, 0.717) is 13.1 Å². The Kier molecular flexibility index (Phi) is 5.60. The lowest BCUT2D eigenvalue weighted by Gasteiger charge is -2.09. The highest BCUT2D eigenvalue weighted by Gasteiger charge is 2.16. The van der Waals surface area contributed by atoms with Crippen molar-refractivity contribution in [2.75, 3.05) is 12.3 Å². The Balaban J connectivity index is 1.52. The van der Waals surface area contributed by atoms with Gasteiger partial charge in [0.1, 0.15) is 5.82 Å². The number of imidazole rings is 1. The summed E-state index contributed by atoms with van der Waals surface area (Å²) in [6, 6.07) is 14.5. The molecule has 1 N–H and O–H groups in total. The van der Waals surface area contributed by atoms with E-state index < -0.39 is 9.84 Å². The van der Waals surface area contributed by atoms with Gasteiger partial charge in [-0.3, -0.25) is 4.79 Å². The van der Waals surface area contributed by atoms with Crippen molar-refractivity contribution >= 4 is 26.8 Å². The van der Waals surface area contributed by atoms with Gasteiger partial charge in [0, 0.05) is 19.5 Å². The molecule has 0 saturated carbocycles. The number of rotatable bonds is 7. The Morgan fingerprint density at radius 1 is 1.07 bits per heavy atom. The number of fused-ring (bicyclic) bond motifs is 1. The van der Waals surface area contributed by atoms with Gasteiger partial charge in [-0.2, -0.15) is 0 Å². The molecule has 27 heavy (non-hydrogen) atoms. The van der Waals surface area contributed by atoms with Gasteiger partial charge in [-0.05, 0) is 38.1 Å². The molecule has 0 unspecified atom stereocenters. The Hall–Kier alpha value is -2.67. The summed E-state index contributed by atoms with van der Waals surface area (Å²) in [5.74, 6) is 0.412. The normalized spacial score (nSPS) is 11.6. The molecule has 1 heterocycles. The zero-order valence-electron chi connectivity index (χ0n) is 15.5. The monoisotopic (exact) mass is 385 g/mol. The van der Waals surface area contributed by atoms with Crippen molar-refractivity contribution in [1.29, 1.82) is 0 Å². The molecule has 2 aromatic carbocycles. The zero-order valence-corrected chi connectivity index (χ0v) is 16.3. The number of aryl methyl sites for hydroxylation is 2. The number of para-hydroxylation sites is 2. The lowest BCUT2D eigenvalue weighted by molar-refractivity contribution is -0.120. The van der Waals surface area contributed by atoms with E-state index >= 15 is 0 Å².